The first-order valence-corrected chi connectivity index (χ1v) is 9.40. The van der Waals surface area contributed by atoms with Crippen molar-refractivity contribution in [2.45, 2.75) is 43.4 Å². The van der Waals surface area contributed by atoms with Gasteiger partial charge in [-0.2, -0.15) is 0 Å². The number of aryl methyl sites for hydroxylation is 1. The second-order valence-corrected chi connectivity index (χ2v) is 7.15. The van der Waals surface area contributed by atoms with Crippen LogP contribution in [0.1, 0.15) is 41.3 Å². The molecule has 24 heavy (non-hydrogen) atoms. The molecular weight excluding hydrogens is 318 g/mol. The van der Waals surface area contributed by atoms with Gasteiger partial charge in [0.25, 0.3) is 5.91 Å². The second kappa shape index (κ2) is 7.75. The average molecular weight is 341 g/mol. The molecule has 0 aromatic heterocycles. The number of hydrogen-bond acceptors (Lipinski definition) is 3. The highest BCUT2D eigenvalue weighted by molar-refractivity contribution is 7.98. The lowest BCUT2D eigenvalue weighted by Gasteiger charge is -2.12. The summed E-state index contributed by atoms with van der Waals surface area (Å²) in [4.78, 5) is 13.5. The lowest BCUT2D eigenvalue weighted by molar-refractivity contribution is 0.0951. The molecule has 3 nitrogen and oxygen atoms in total. The van der Waals surface area contributed by atoms with E-state index >= 15 is 0 Å². The Morgan fingerprint density at radius 3 is 2.62 bits per heavy atom. The van der Waals surface area contributed by atoms with Crippen LogP contribution in [-0.2, 0) is 5.75 Å². The first-order chi connectivity index (χ1) is 11.7. The second-order valence-electron chi connectivity index (χ2n) is 6.10. The maximum Gasteiger partial charge on any atom is 0.251 e. The molecule has 1 aliphatic carbocycles. The summed E-state index contributed by atoms with van der Waals surface area (Å²) in [5.41, 5.74) is 3.03. The Labute approximate surface area is 147 Å². The minimum absolute atomic E-state index is 0.0159. The van der Waals surface area contributed by atoms with Crippen LogP contribution in [0.3, 0.4) is 0 Å². The van der Waals surface area contributed by atoms with Crippen LogP contribution in [0.2, 0.25) is 0 Å². The molecule has 4 heteroatoms. The fourth-order valence-electron chi connectivity index (χ4n) is 2.42. The van der Waals surface area contributed by atoms with E-state index in [9.17, 15) is 4.79 Å². The van der Waals surface area contributed by atoms with Gasteiger partial charge in [-0.3, -0.25) is 4.79 Å². The molecule has 3 rings (SSSR count). The zero-order valence-corrected chi connectivity index (χ0v) is 15.0. The van der Waals surface area contributed by atoms with Gasteiger partial charge in [0.15, 0.2) is 0 Å². The third kappa shape index (κ3) is 4.54. The minimum atomic E-state index is 0.0159. The van der Waals surface area contributed by atoms with Crippen LogP contribution in [-0.4, -0.2) is 18.6 Å². The lowest BCUT2D eigenvalue weighted by atomic mass is 10.1. The van der Waals surface area contributed by atoms with Crippen LogP contribution in [0.15, 0.2) is 47.4 Å². The molecule has 0 saturated heterocycles. The summed E-state index contributed by atoms with van der Waals surface area (Å²) in [5, 5.41) is 3.04. The molecule has 0 spiro atoms. The first-order valence-electron chi connectivity index (χ1n) is 8.41. The molecule has 0 heterocycles. The van der Waals surface area contributed by atoms with Crippen LogP contribution in [0, 0.1) is 6.92 Å². The maximum atomic E-state index is 12.3. The van der Waals surface area contributed by atoms with Crippen molar-refractivity contribution in [1.82, 2.24) is 5.32 Å². The standard InChI is InChI=1S/C20H23NO2S/c1-3-23-19-11-6-15(20(22)21-17-7-8-17)12-16(19)13-24-18-9-4-14(2)5-10-18/h4-6,9-12,17H,3,7-8,13H2,1-2H3,(H,21,22). The van der Waals surface area contributed by atoms with Gasteiger partial charge in [-0.1, -0.05) is 17.7 Å². The van der Waals surface area contributed by atoms with E-state index in [0.29, 0.717) is 18.2 Å². The van der Waals surface area contributed by atoms with E-state index in [1.807, 2.05) is 25.1 Å². The molecule has 0 radical (unpaired) electrons. The van der Waals surface area contributed by atoms with Crippen molar-refractivity contribution >= 4 is 17.7 Å². The summed E-state index contributed by atoms with van der Waals surface area (Å²) >= 11 is 1.76. The summed E-state index contributed by atoms with van der Waals surface area (Å²) in [7, 11) is 0. The fourth-order valence-corrected chi connectivity index (χ4v) is 3.30. The fraction of sp³-hybridized carbons (Fsp3) is 0.350. The number of benzene rings is 2. The van der Waals surface area contributed by atoms with E-state index in [4.69, 9.17) is 4.74 Å². The molecule has 1 aliphatic rings. The van der Waals surface area contributed by atoms with Crippen molar-refractivity contribution in [3.8, 4) is 5.75 Å². The van der Waals surface area contributed by atoms with Gasteiger partial charge in [0.1, 0.15) is 5.75 Å². The summed E-state index contributed by atoms with van der Waals surface area (Å²) in [5.74, 6) is 1.66. The Hall–Kier alpha value is -1.94. The molecule has 1 amide bonds. The van der Waals surface area contributed by atoms with Gasteiger partial charge in [0, 0.05) is 27.8 Å². The van der Waals surface area contributed by atoms with Gasteiger partial charge in [0.2, 0.25) is 0 Å². The van der Waals surface area contributed by atoms with Crippen molar-refractivity contribution in [3.63, 3.8) is 0 Å². The largest absolute Gasteiger partial charge is 0.494 e. The van der Waals surface area contributed by atoms with Crippen molar-refractivity contribution < 1.29 is 9.53 Å². The first kappa shape index (κ1) is 16.9. The van der Waals surface area contributed by atoms with Crippen LogP contribution in [0.4, 0.5) is 0 Å². The topological polar surface area (TPSA) is 38.3 Å². The monoisotopic (exact) mass is 341 g/mol. The summed E-state index contributed by atoms with van der Waals surface area (Å²) in [6.07, 6.45) is 2.19. The van der Waals surface area contributed by atoms with Gasteiger partial charge in [-0.25, -0.2) is 0 Å². The predicted molar refractivity (Wildman–Crippen MR) is 98.8 cm³/mol. The smallest absolute Gasteiger partial charge is 0.251 e. The molecule has 0 bridgehead atoms. The van der Waals surface area contributed by atoms with Gasteiger partial charge < -0.3 is 10.1 Å². The van der Waals surface area contributed by atoms with Crippen molar-refractivity contribution in [3.05, 3.63) is 59.2 Å². The molecule has 1 N–H and O–H groups in total. The molecule has 126 valence electrons. The van der Waals surface area contributed by atoms with E-state index in [2.05, 4.69) is 36.5 Å². The van der Waals surface area contributed by atoms with Crippen LogP contribution >= 0.6 is 11.8 Å². The Bertz CT molecular complexity index is 708. The zero-order chi connectivity index (χ0) is 16.9. The Morgan fingerprint density at radius 2 is 1.96 bits per heavy atom. The molecule has 2 aromatic carbocycles. The maximum absolute atomic E-state index is 12.3. The molecule has 1 fully saturated rings. The van der Waals surface area contributed by atoms with Crippen molar-refractivity contribution in [1.29, 1.82) is 0 Å². The molecule has 1 saturated carbocycles. The predicted octanol–water partition coefficient (Wildman–Crippen LogP) is 4.58. The van der Waals surface area contributed by atoms with E-state index in [1.165, 1.54) is 10.5 Å². The van der Waals surface area contributed by atoms with Crippen LogP contribution in [0.5, 0.6) is 5.75 Å². The van der Waals surface area contributed by atoms with Crippen molar-refractivity contribution in [2.24, 2.45) is 0 Å². The van der Waals surface area contributed by atoms with E-state index < -0.39 is 0 Å². The molecule has 2 aromatic rings. The highest BCUT2D eigenvalue weighted by Crippen LogP contribution is 2.29. The third-order valence-corrected chi connectivity index (χ3v) is 5.01. The number of ether oxygens (including phenoxy) is 1. The number of amides is 1. The number of thioether (sulfide) groups is 1. The number of carbonyl (C=O) groups is 1. The van der Waals surface area contributed by atoms with Gasteiger partial charge in [-0.05, 0) is 57.0 Å². The normalized spacial score (nSPS) is 13.6. The Kier molecular flexibility index (Phi) is 5.46. The van der Waals surface area contributed by atoms with Gasteiger partial charge >= 0.3 is 0 Å². The lowest BCUT2D eigenvalue weighted by Crippen LogP contribution is -2.25. The van der Waals surface area contributed by atoms with Gasteiger partial charge in [0.05, 0.1) is 6.61 Å². The summed E-state index contributed by atoms with van der Waals surface area (Å²) in [6, 6.07) is 14.6. The van der Waals surface area contributed by atoms with E-state index in [0.717, 1.165) is 29.9 Å². The molecule has 0 unspecified atom stereocenters. The average Bonchev–Trinajstić information content (AvgIpc) is 3.39. The molecular formula is C20H23NO2S. The number of carbonyl (C=O) groups excluding carboxylic acids is 1. The van der Waals surface area contributed by atoms with Crippen LogP contribution < -0.4 is 10.1 Å². The number of hydrogen-bond donors (Lipinski definition) is 1. The van der Waals surface area contributed by atoms with E-state index in [-0.39, 0.29) is 5.91 Å². The SMILES string of the molecule is CCOc1ccc(C(=O)NC2CC2)cc1CSc1ccc(C)cc1. The third-order valence-electron chi connectivity index (χ3n) is 3.95. The highest BCUT2D eigenvalue weighted by atomic mass is 32.2. The van der Waals surface area contributed by atoms with Gasteiger partial charge in [-0.15, -0.1) is 11.8 Å². The quantitative estimate of drug-likeness (QED) is 0.749. The highest BCUT2D eigenvalue weighted by Gasteiger charge is 2.24. The number of nitrogens with one attached hydrogen (secondary N) is 1. The minimum Gasteiger partial charge on any atom is -0.494 e. The Morgan fingerprint density at radius 1 is 1.21 bits per heavy atom. The Balaban J connectivity index is 1.74. The summed E-state index contributed by atoms with van der Waals surface area (Å²) in [6.45, 7) is 4.68. The number of rotatable bonds is 7. The van der Waals surface area contributed by atoms with E-state index in [1.54, 1.807) is 11.8 Å². The van der Waals surface area contributed by atoms with Crippen molar-refractivity contribution in [2.75, 3.05) is 6.61 Å². The molecule has 0 aliphatic heterocycles. The van der Waals surface area contributed by atoms with Crippen LogP contribution in [0.25, 0.3) is 0 Å². The molecule has 0 atom stereocenters. The summed E-state index contributed by atoms with van der Waals surface area (Å²) < 4.78 is 5.73. The zero-order valence-electron chi connectivity index (χ0n) is 14.2.